The Morgan fingerprint density at radius 2 is 1.11 bits per heavy atom. The van der Waals surface area contributed by atoms with Crippen molar-refractivity contribution in [3.05, 3.63) is 167 Å². The lowest BCUT2D eigenvalue weighted by Gasteiger charge is -2.50. The quantitative estimate of drug-likeness (QED) is 0.130. The summed E-state index contributed by atoms with van der Waals surface area (Å²) in [4.78, 5) is 37.5. The lowest BCUT2D eigenvalue weighted by Crippen LogP contribution is -2.58. The highest BCUT2D eigenvalue weighted by molar-refractivity contribution is 7.03. The maximum absolute atomic E-state index is 16.9. The lowest BCUT2D eigenvalue weighted by atomic mass is 9.66. The van der Waals surface area contributed by atoms with E-state index < -0.39 is 22.4 Å². The van der Waals surface area contributed by atoms with Crippen LogP contribution in [0.1, 0.15) is 87.0 Å². The Morgan fingerprint density at radius 1 is 0.622 bits per heavy atom. The predicted molar refractivity (Wildman–Crippen MR) is 279 cm³/mol. The third-order valence-electron chi connectivity index (χ3n) is 17.2. The molecule has 0 amide bonds. The second-order valence-electron chi connectivity index (χ2n) is 21.4. The average Bonchev–Trinajstić information content (AvgIpc) is 4.27. The van der Waals surface area contributed by atoms with Gasteiger partial charge in [-0.1, -0.05) is 29.8 Å². The number of allylic oxidation sites excluding steroid dienone is 6. The van der Waals surface area contributed by atoms with E-state index in [0.717, 1.165) is 29.3 Å². The lowest BCUT2D eigenvalue weighted by molar-refractivity contribution is 0.0498. The maximum Gasteiger partial charge on any atom is 0.155 e. The predicted octanol–water partition coefficient (Wildman–Crippen LogP) is 9.21. The van der Waals surface area contributed by atoms with E-state index in [1.54, 1.807) is 12.4 Å². The summed E-state index contributed by atoms with van der Waals surface area (Å²) in [6.45, 7) is 14.9. The molecule has 74 heavy (non-hydrogen) atoms. The summed E-state index contributed by atoms with van der Waals surface area (Å²) in [5.41, 5.74) is -0.161. The van der Waals surface area contributed by atoms with Crippen LogP contribution in [0.3, 0.4) is 0 Å². The highest BCUT2D eigenvalue weighted by Gasteiger charge is 2.67. The van der Waals surface area contributed by atoms with E-state index in [2.05, 4.69) is 63.2 Å². The summed E-state index contributed by atoms with van der Waals surface area (Å²) in [6.07, 6.45) is 15.7. The molecular weight excluding hydrogens is 963 g/mol. The van der Waals surface area contributed by atoms with E-state index in [1.165, 1.54) is 23.7 Å². The summed E-state index contributed by atoms with van der Waals surface area (Å²) in [5.74, 6) is 0.379. The van der Waals surface area contributed by atoms with Gasteiger partial charge in [0.25, 0.3) is 0 Å². The van der Waals surface area contributed by atoms with Crippen molar-refractivity contribution in [1.82, 2.24) is 53.9 Å². The van der Waals surface area contributed by atoms with Gasteiger partial charge in [-0.05, 0) is 124 Å². The molecule has 386 valence electrons. The Hall–Kier alpha value is -6.24. The van der Waals surface area contributed by atoms with Gasteiger partial charge in [0, 0.05) is 131 Å². The fraction of sp³-hybridized carbons (Fsp3) is 0.464. The number of nitrogens with one attached hydrogen (secondary N) is 1. The number of alkyl halides is 2. The third-order valence-corrected chi connectivity index (χ3v) is 17.7. The monoisotopic (exact) mass is 1030 g/mol. The first-order valence-corrected chi connectivity index (χ1v) is 27.1. The third kappa shape index (κ3) is 8.63. The first-order valence-electron chi connectivity index (χ1n) is 26.3. The number of fused-ring (bicyclic) bond motifs is 3. The van der Waals surface area contributed by atoms with Crippen LogP contribution < -0.4 is 0 Å². The number of piperidine rings is 4. The summed E-state index contributed by atoms with van der Waals surface area (Å²) in [6, 6.07) is 15.1. The van der Waals surface area contributed by atoms with Gasteiger partial charge >= 0.3 is 0 Å². The second-order valence-corrected chi connectivity index (χ2v) is 22.0. The van der Waals surface area contributed by atoms with Crippen LogP contribution in [-0.4, -0.2) is 152 Å². The van der Waals surface area contributed by atoms with Gasteiger partial charge in [0.1, 0.15) is 34.1 Å². The number of nitrogens with zero attached hydrogens (tertiary/aromatic N) is 12. The molecule has 4 saturated heterocycles. The largest absolute Gasteiger partial charge is 0.373 e. The van der Waals surface area contributed by atoms with E-state index in [1.807, 2.05) is 66.2 Å². The molecule has 1 N–H and O–H groups in total. The highest BCUT2D eigenvalue weighted by Crippen LogP contribution is 2.60. The first kappa shape index (κ1) is 48.7. The van der Waals surface area contributed by atoms with Crippen molar-refractivity contribution in [2.24, 2.45) is 9.98 Å². The molecule has 4 aromatic rings. The molecular formula is C56H63F4N13S. The Labute approximate surface area is 434 Å². The molecule has 8 aliphatic rings. The molecule has 18 heteroatoms. The number of halogens is 4. The van der Waals surface area contributed by atoms with Crippen molar-refractivity contribution in [3.8, 4) is 0 Å². The van der Waals surface area contributed by atoms with E-state index in [4.69, 9.17) is 20.0 Å². The number of amidine groups is 2. The molecule has 0 bridgehead atoms. The van der Waals surface area contributed by atoms with Crippen LogP contribution in [0.15, 0.2) is 154 Å². The minimum absolute atomic E-state index is 0.135. The van der Waals surface area contributed by atoms with Crippen molar-refractivity contribution >= 4 is 23.2 Å². The zero-order valence-corrected chi connectivity index (χ0v) is 42.6. The van der Waals surface area contributed by atoms with Crippen LogP contribution in [-0.2, 0) is 13.1 Å². The van der Waals surface area contributed by atoms with E-state index in [0.29, 0.717) is 145 Å². The molecule has 13 nitrogen and oxygen atoms in total. The minimum Gasteiger partial charge on any atom is -0.373 e. The van der Waals surface area contributed by atoms with Crippen LogP contribution in [0.4, 0.5) is 17.6 Å². The van der Waals surface area contributed by atoms with Gasteiger partial charge in [0.2, 0.25) is 0 Å². The van der Waals surface area contributed by atoms with Gasteiger partial charge in [0.15, 0.2) is 23.0 Å². The zero-order chi connectivity index (χ0) is 50.7. The number of rotatable bonds is 13. The van der Waals surface area contributed by atoms with Gasteiger partial charge in [-0.3, -0.25) is 19.8 Å². The molecule has 4 aromatic heterocycles. The van der Waals surface area contributed by atoms with Crippen LogP contribution >= 0.6 is 11.5 Å². The van der Waals surface area contributed by atoms with E-state index in [-0.39, 0.29) is 36.6 Å². The molecule has 12 rings (SSSR count). The smallest absolute Gasteiger partial charge is 0.155 e. The summed E-state index contributed by atoms with van der Waals surface area (Å²) in [7, 11) is 0. The number of hydrogen-bond donors (Lipinski definition) is 1. The Bertz CT molecular complexity index is 2710. The van der Waals surface area contributed by atoms with E-state index in [9.17, 15) is 0 Å². The standard InChI is InChI=1S/C56H63F4N13S/c1-39(53(59)19-30-68(31-20-53)36-43-8-7-25-61-43)70-26-15-45(16-27-70)72-49-13-11-41(57)34-55(49,64-51(72)47-9-3-5-23-62-47)56-35-42(58)12-14-50(56)73(52(65-56)48-10-4-6-24-63-48)46-17-28-71(29-18-46)40(2)54(60)21-32-69(33-22-54)37-44-38-74-67-66-44/h3-14,23-25,38,45-46,61H,1-2,15-22,26-37H2/t55?,56-/m1/s1. The van der Waals surface area contributed by atoms with Crippen LogP contribution in [0.25, 0.3) is 0 Å². The van der Waals surface area contributed by atoms with Crippen molar-refractivity contribution in [3.63, 3.8) is 0 Å². The van der Waals surface area contributed by atoms with Crippen LogP contribution in [0, 0.1) is 0 Å². The molecule has 2 atom stereocenters. The van der Waals surface area contributed by atoms with Crippen molar-refractivity contribution in [2.45, 2.75) is 112 Å². The Balaban J connectivity index is 0.830. The molecule has 0 spiro atoms. The van der Waals surface area contributed by atoms with Crippen molar-refractivity contribution in [2.75, 3.05) is 52.4 Å². The molecule has 1 unspecified atom stereocenters. The molecule has 0 saturated carbocycles. The number of hydrogen-bond acceptors (Lipinski definition) is 13. The average molecular weight is 1030 g/mol. The normalized spacial score (nSPS) is 26.6. The SMILES string of the molecule is C=C(N1CCC(N2C3=CC=C(F)CC3([C@@]34CC(F)=CC=C3N(C3CCN(C(=C)C5(F)CCN(Cc6csnn6)CC5)CC3)C(c3ccccn3)=N4)N=C2c2ccccn2)CC1)C1(F)CCN(Cc2ccc[nH]2)CC1. The molecule has 10 heterocycles. The number of likely N-dealkylation sites (tertiary alicyclic amines) is 4. The van der Waals surface area contributed by atoms with Gasteiger partial charge in [0.05, 0.1) is 17.1 Å². The summed E-state index contributed by atoms with van der Waals surface area (Å²) < 4.78 is 71.1. The fourth-order valence-corrected chi connectivity index (χ4v) is 13.5. The Morgan fingerprint density at radius 3 is 1.53 bits per heavy atom. The minimum atomic E-state index is -1.53. The topological polar surface area (TPSA) is 112 Å². The zero-order valence-electron chi connectivity index (χ0n) is 41.7. The second kappa shape index (κ2) is 19.5. The van der Waals surface area contributed by atoms with Crippen LogP contribution in [0.2, 0.25) is 0 Å². The van der Waals surface area contributed by atoms with Gasteiger partial charge in [-0.2, -0.15) is 0 Å². The van der Waals surface area contributed by atoms with Crippen molar-refractivity contribution < 1.29 is 17.6 Å². The Kier molecular flexibility index (Phi) is 12.8. The van der Waals surface area contributed by atoms with Gasteiger partial charge in [-0.25, -0.2) is 27.5 Å². The van der Waals surface area contributed by atoms with Crippen LogP contribution in [0.5, 0.6) is 0 Å². The molecule has 0 radical (unpaired) electrons. The molecule has 2 aliphatic carbocycles. The number of aromatic nitrogens is 5. The molecule has 6 aliphatic heterocycles. The maximum atomic E-state index is 16.9. The first-order chi connectivity index (χ1) is 35.9. The number of pyridine rings is 2. The van der Waals surface area contributed by atoms with E-state index >= 15 is 17.6 Å². The highest BCUT2D eigenvalue weighted by atomic mass is 32.1. The molecule has 4 fully saturated rings. The number of H-pyrrole nitrogens is 1. The number of aliphatic imine (C=N–C) groups is 2. The van der Waals surface area contributed by atoms with Gasteiger partial charge < -0.3 is 24.6 Å². The number of aromatic amines is 1. The fourth-order valence-electron chi connectivity index (χ4n) is 13.1. The van der Waals surface area contributed by atoms with Crippen molar-refractivity contribution in [1.29, 1.82) is 0 Å². The molecule has 0 aromatic carbocycles. The summed E-state index contributed by atoms with van der Waals surface area (Å²) in [5, 5.41) is 6.12. The van der Waals surface area contributed by atoms with Gasteiger partial charge in [-0.15, -0.1) is 5.10 Å². The summed E-state index contributed by atoms with van der Waals surface area (Å²) >= 11 is 1.32.